The molecule has 308 valence electrons. The van der Waals surface area contributed by atoms with Crippen LogP contribution in [-0.4, -0.2) is 107 Å². The molecule has 0 aromatic rings. The van der Waals surface area contributed by atoms with Crippen molar-refractivity contribution in [2.45, 2.75) is 210 Å². The Kier molecular flexibility index (Phi) is 28.2. The summed E-state index contributed by atoms with van der Waals surface area (Å²) in [7, 11) is -5.10. The molecule has 0 spiro atoms. The first-order chi connectivity index (χ1) is 24.9. The number of hydrogen-bond acceptors (Lipinski definition) is 11. The average Bonchev–Trinajstić information content (AvgIpc) is 3.11. The molecule has 0 aromatic heterocycles. The maximum Gasteiger partial charge on any atom is 0.397 e. The minimum Gasteiger partial charge on any atom is -0.394 e. The fourth-order valence-electron chi connectivity index (χ4n) is 6.39. The van der Waals surface area contributed by atoms with Gasteiger partial charge in [0.2, 0.25) is 5.91 Å². The first-order valence-electron chi connectivity index (χ1n) is 20.2. The third-order valence-electron chi connectivity index (χ3n) is 9.68. The Morgan fingerprint density at radius 2 is 1.25 bits per heavy atom. The van der Waals surface area contributed by atoms with Gasteiger partial charge >= 0.3 is 10.4 Å². The topological polar surface area (TPSA) is 212 Å². The van der Waals surface area contributed by atoms with Crippen molar-refractivity contribution < 1.29 is 57.0 Å². The molecular formula is C38H73NO12S. The Hall–Kier alpha value is -1.20. The molecule has 0 aliphatic carbocycles. The van der Waals surface area contributed by atoms with Crippen LogP contribution in [0.2, 0.25) is 0 Å². The molecule has 13 nitrogen and oxygen atoms in total. The Morgan fingerprint density at radius 1 is 0.750 bits per heavy atom. The molecule has 0 bridgehead atoms. The zero-order chi connectivity index (χ0) is 38.6. The second-order valence-corrected chi connectivity index (χ2v) is 15.4. The predicted molar refractivity (Wildman–Crippen MR) is 201 cm³/mol. The average molecular weight is 768 g/mol. The molecule has 1 aliphatic rings. The van der Waals surface area contributed by atoms with Crippen molar-refractivity contribution in [3.63, 3.8) is 0 Å². The molecule has 0 saturated carbocycles. The van der Waals surface area contributed by atoms with Crippen LogP contribution in [0.5, 0.6) is 0 Å². The number of ether oxygens (including phenoxy) is 2. The summed E-state index contributed by atoms with van der Waals surface area (Å²) in [6, 6.07) is -1.03. The zero-order valence-corrected chi connectivity index (χ0v) is 32.8. The van der Waals surface area contributed by atoms with Crippen LogP contribution in [0.25, 0.3) is 0 Å². The van der Waals surface area contributed by atoms with Gasteiger partial charge in [0.05, 0.1) is 25.4 Å². The minimum absolute atomic E-state index is 0.246. The fourth-order valence-corrected chi connectivity index (χ4v) is 6.89. The van der Waals surface area contributed by atoms with Gasteiger partial charge in [-0.25, -0.2) is 4.18 Å². The molecule has 1 fully saturated rings. The molecular weight excluding hydrogens is 694 g/mol. The summed E-state index contributed by atoms with van der Waals surface area (Å²) in [5, 5.41) is 55.0. The Morgan fingerprint density at radius 3 is 1.79 bits per heavy atom. The van der Waals surface area contributed by atoms with Crippen LogP contribution in [0, 0.1) is 0 Å². The molecule has 7 N–H and O–H groups in total. The van der Waals surface area contributed by atoms with Crippen molar-refractivity contribution >= 4 is 16.3 Å². The number of aliphatic hydroxyl groups is 5. The number of hydrogen-bond donors (Lipinski definition) is 7. The summed E-state index contributed by atoms with van der Waals surface area (Å²) in [4.78, 5) is 13.0. The van der Waals surface area contributed by atoms with E-state index >= 15 is 0 Å². The van der Waals surface area contributed by atoms with Gasteiger partial charge in [-0.05, 0) is 32.1 Å². The van der Waals surface area contributed by atoms with Gasteiger partial charge in [0.1, 0.15) is 30.5 Å². The van der Waals surface area contributed by atoms with E-state index in [4.69, 9.17) is 14.0 Å². The maximum atomic E-state index is 13.0. The second kappa shape index (κ2) is 30.1. The van der Waals surface area contributed by atoms with Gasteiger partial charge in [0, 0.05) is 0 Å². The van der Waals surface area contributed by atoms with Crippen molar-refractivity contribution in [1.82, 2.24) is 5.32 Å². The van der Waals surface area contributed by atoms with Gasteiger partial charge in [0.15, 0.2) is 6.29 Å². The molecule has 0 aromatic carbocycles. The normalized spacial score (nSPS) is 22.8. The summed E-state index contributed by atoms with van der Waals surface area (Å²) < 4.78 is 47.3. The van der Waals surface area contributed by atoms with E-state index in [1.54, 1.807) is 0 Å². The number of carbonyl (C=O) groups is 1. The highest BCUT2D eigenvalue weighted by atomic mass is 32.3. The smallest absolute Gasteiger partial charge is 0.394 e. The van der Waals surface area contributed by atoms with E-state index in [-0.39, 0.29) is 6.42 Å². The molecule has 1 heterocycles. The van der Waals surface area contributed by atoms with Crippen molar-refractivity contribution in [2.24, 2.45) is 0 Å². The number of nitrogens with one attached hydrogen (secondary N) is 1. The number of rotatable bonds is 33. The Labute approximate surface area is 313 Å². The molecule has 1 amide bonds. The van der Waals surface area contributed by atoms with Crippen molar-refractivity contribution in [1.29, 1.82) is 0 Å². The van der Waals surface area contributed by atoms with Crippen LogP contribution in [-0.2, 0) is 28.9 Å². The number of amides is 1. The molecule has 52 heavy (non-hydrogen) atoms. The molecule has 1 saturated heterocycles. The van der Waals surface area contributed by atoms with Crippen LogP contribution in [0.15, 0.2) is 12.2 Å². The first-order valence-corrected chi connectivity index (χ1v) is 21.5. The van der Waals surface area contributed by atoms with Gasteiger partial charge in [-0.2, -0.15) is 8.42 Å². The number of aliphatic hydroxyl groups excluding tert-OH is 5. The lowest BCUT2D eigenvalue weighted by Crippen LogP contribution is -2.61. The summed E-state index contributed by atoms with van der Waals surface area (Å²) in [5.74, 6) is -0.682. The SMILES string of the molecule is CCCC/C=C\CCCCCCC(O)C(=O)NC(COC1OC(CO)C(O)C(OS(=O)(=O)O)C1O)C(O)CCCCCCCCCCCCCCC. The van der Waals surface area contributed by atoms with Crippen molar-refractivity contribution in [3.05, 3.63) is 12.2 Å². The highest BCUT2D eigenvalue weighted by molar-refractivity contribution is 7.80. The zero-order valence-electron chi connectivity index (χ0n) is 32.0. The van der Waals surface area contributed by atoms with E-state index in [1.165, 1.54) is 70.6 Å². The molecule has 14 heteroatoms. The third-order valence-corrected chi connectivity index (χ3v) is 10.1. The number of allylic oxidation sites excluding steroid dienone is 2. The third kappa shape index (κ3) is 22.9. The molecule has 0 radical (unpaired) electrons. The van der Waals surface area contributed by atoms with Gasteiger partial charge in [-0.1, -0.05) is 142 Å². The standard InChI is InChI=1S/C38H73NO12S/c1-3-5-7-9-11-13-15-16-17-19-20-22-24-26-31(41)30(39-37(45)32(42)27-25-23-21-18-14-12-10-8-6-4-2)29-49-38-35(44)36(51-52(46,47)48)34(43)33(28-40)50-38/h10,12,30-36,38,40-44H,3-9,11,13-29H2,1-2H3,(H,39,45)(H,46,47,48)/b12-10-. The minimum atomic E-state index is -5.10. The highest BCUT2D eigenvalue weighted by Gasteiger charge is 2.48. The molecule has 8 unspecified atom stereocenters. The maximum absolute atomic E-state index is 13.0. The quantitative estimate of drug-likeness (QED) is 0.0254. The summed E-state index contributed by atoms with van der Waals surface area (Å²) in [5.41, 5.74) is 0. The van der Waals surface area contributed by atoms with Gasteiger partial charge in [0.25, 0.3) is 0 Å². The van der Waals surface area contributed by atoms with E-state index in [2.05, 4.69) is 35.5 Å². The lowest BCUT2D eigenvalue weighted by atomic mass is 9.99. The van der Waals surface area contributed by atoms with E-state index in [0.717, 1.165) is 51.4 Å². The van der Waals surface area contributed by atoms with E-state index in [0.29, 0.717) is 19.3 Å². The summed E-state index contributed by atoms with van der Waals surface area (Å²) >= 11 is 0. The predicted octanol–water partition coefficient (Wildman–Crippen LogP) is 5.40. The van der Waals surface area contributed by atoms with Crippen molar-refractivity contribution in [3.8, 4) is 0 Å². The molecule has 8 atom stereocenters. The number of unbranched alkanes of at least 4 members (excludes halogenated alkanes) is 18. The second-order valence-electron chi connectivity index (χ2n) is 14.4. The van der Waals surface area contributed by atoms with Crippen LogP contribution in [0.1, 0.15) is 162 Å². The fraction of sp³-hybridized carbons (Fsp3) is 0.921. The van der Waals surface area contributed by atoms with Crippen LogP contribution < -0.4 is 5.32 Å². The lowest BCUT2D eigenvalue weighted by molar-refractivity contribution is -0.298. The monoisotopic (exact) mass is 767 g/mol. The Bertz CT molecular complexity index is 1020. The lowest BCUT2D eigenvalue weighted by Gasteiger charge is -2.41. The first kappa shape index (κ1) is 48.8. The molecule has 1 aliphatic heterocycles. The summed E-state index contributed by atoms with van der Waals surface area (Å²) in [6.45, 7) is 3.18. The van der Waals surface area contributed by atoms with Gasteiger partial charge < -0.3 is 40.3 Å². The van der Waals surface area contributed by atoms with Crippen LogP contribution in [0.4, 0.5) is 0 Å². The van der Waals surface area contributed by atoms with E-state index in [9.17, 15) is 38.7 Å². The Balaban J connectivity index is 2.67. The van der Waals surface area contributed by atoms with E-state index < -0.39 is 78.5 Å². The summed E-state index contributed by atoms with van der Waals surface area (Å²) in [6.07, 6.45) is 17.0. The largest absolute Gasteiger partial charge is 0.397 e. The molecule has 1 rings (SSSR count). The van der Waals surface area contributed by atoms with Crippen LogP contribution >= 0.6 is 0 Å². The van der Waals surface area contributed by atoms with Gasteiger partial charge in [-0.3, -0.25) is 9.35 Å². The number of carbonyl (C=O) groups excluding carboxylic acids is 1. The highest BCUT2D eigenvalue weighted by Crippen LogP contribution is 2.26. The van der Waals surface area contributed by atoms with Crippen molar-refractivity contribution in [2.75, 3.05) is 13.2 Å². The van der Waals surface area contributed by atoms with Crippen LogP contribution in [0.3, 0.4) is 0 Å². The van der Waals surface area contributed by atoms with Gasteiger partial charge in [-0.15, -0.1) is 0 Å². The van der Waals surface area contributed by atoms with E-state index in [1.807, 2.05) is 0 Å².